The number of Topliss-reactive ketones (excluding diaryl/α,β-unsaturated/α-hetero) is 2. The maximum Gasteiger partial charge on any atom is 0.308 e. The number of thiophene rings is 4. The van der Waals surface area contributed by atoms with E-state index in [4.69, 9.17) is 34.3 Å². The first-order valence-electron chi connectivity index (χ1n) is 46.0. The van der Waals surface area contributed by atoms with Crippen molar-refractivity contribution in [1.29, 1.82) is 15.8 Å². The summed E-state index contributed by atoms with van der Waals surface area (Å²) in [6, 6.07) is 15.0. The number of ether oxygens (including phenoxy) is 4. The molecule has 0 amide bonds. The van der Waals surface area contributed by atoms with Gasteiger partial charge in [-0.1, -0.05) is 233 Å². The molecule has 0 spiro atoms. The number of nitrogens with zero attached hydrogens (tertiary/aromatic N) is 6. The van der Waals surface area contributed by atoms with E-state index < -0.39 is 0 Å². The van der Waals surface area contributed by atoms with Crippen LogP contribution in [0.2, 0.25) is 0 Å². The van der Waals surface area contributed by atoms with E-state index in [0.29, 0.717) is 121 Å². The lowest BCUT2D eigenvalue weighted by atomic mass is 9.79. The molecule has 0 N–H and O–H groups in total. The van der Waals surface area contributed by atoms with Crippen molar-refractivity contribution in [3.05, 3.63) is 79.0 Å². The van der Waals surface area contributed by atoms with Crippen LogP contribution in [-0.4, -0.2) is 57.7 Å². The summed E-state index contributed by atoms with van der Waals surface area (Å²) in [6.45, 7) is 18.0. The predicted molar refractivity (Wildman–Crippen MR) is 481 cm³/mol. The Morgan fingerprint density at radius 1 is 0.453 bits per heavy atom. The average molecular weight is 1680 g/mol. The molecule has 117 heavy (non-hydrogen) atoms. The largest absolute Gasteiger partial charge is 0.486 e. The van der Waals surface area contributed by atoms with Crippen molar-refractivity contribution in [2.24, 2.45) is 47.3 Å². The molecule has 5 heterocycles. The molecule has 6 unspecified atom stereocenters. The van der Waals surface area contributed by atoms with Crippen LogP contribution in [0.4, 0.5) is 0 Å². The lowest BCUT2D eigenvalue weighted by Crippen LogP contribution is -2.31. The zero-order valence-corrected chi connectivity index (χ0v) is 74.7. The minimum atomic E-state index is -0.311. The molecule has 19 heteroatoms. The van der Waals surface area contributed by atoms with Crippen LogP contribution < -0.4 is 9.47 Å². The van der Waals surface area contributed by atoms with E-state index in [1.54, 1.807) is 45.3 Å². The van der Waals surface area contributed by atoms with Crippen molar-refractivity contribution >= 4 is 123 Å². The number of benzene rings is 1. The molecular weight excluding hydrogens is 1550 g/mol. The standard InChI is InChI=1S/C98H128N6O8S5/c1-6-10-14-18-22-24-28-32-40-65(38-30-26-20-16-12-8-3)63-109-97(107)67-46-50-70(51-47-67)111-95-89(85-58-83-81(115-85)56-72(113-83)54-78-87(69(60-99)61-100)74-42-34-36-44-76(74)93(78)105)91-92(104-117-103-91)90(86-59-84-82(116-86)57-73(114-84)55-79-88(80(62-101)102-5)75-43-35-37-45-77(75)94(79)106)96(95)112-71-52-48-68(49-53-71)98(108)110-64-66(39-31-27-21-17-13-9-4)41-33-29-25-23-19-15-11-7-2/h54-59,65-68,70-71,74-77H,6-53,63-64H2,1-4H3/b78-54-,79-55-,88-80+. The lowest BCUT2D eigenvalue weighted by molar-refractivity contribution is -0.152. The highest BCUT2D eigenvalue weighted by Crippen LogP contribution is 2.58. The number of carbonyl (C=O) groups excluding carboxylic acids is 4. The number of ketones is 2. The molecular formula is C98H128N6O8S5. The van der Waals surface area contributed by atoms with Gasteiger partial charge in [-0.3, -0.25) is 19.2 Å². The van der Waals surface area contributed by atoms with Gasteiger partial charge in [0.05, 0.1) is 72.8 Å². The molecule has 0 aliphatic heterocycles. The zero-order chi connectivity index (χ0) is 81.8. The molecule has 14 nitrogen and oxygen atoms in total. The van der Waals surface area contributed by atoms with E-state index in [2.05, 4.69) is 75.0 Å². The molecule has 12 rings (SSSR count). The molecule has 0 bridgehead atoms. The maximum absolute atomic E-state index is 14.5. The number of esters is 2. The normalized spacial score (nSPS) is 22.4. The van der Waals surface area contributed by atoms with E-state index in [9.17, 15) is 35.0 Å². The Labute approximate surface area is 718 Å². The van der Waals surface area contributed by atoms with Crippen LogP contribution in [-0.2, 0) is 28.7 Å². The zero-order valence-electron chi connectivity index (χ0n) is 70.6. The van der Waals surface area contributed by atoms with Gasteiger partial charge in [-0.05, 0) is 174 Å². The number of aromatic nitrogens is 2. The van der Waals surface area contributed by atoms with Crippen LogP contribution in [0.3, 0.4) is 0 Å². The van der Waals surface area contributed by atoms with Gasteiger partial charge in [0.2, 0.25) is 0 Å². The molecule has 0 radical (unpaired) electrons. The highest BCUT2D eigenvalue weighted by atomic mass is 32.1. The van der Waals surface area contributed by atoms with Gasteiger partial charge in [0.25, 0.3) is 5.70 Å². The molecule has 6 aliphatic rings. The van der Waals surface area contributed by atoms with E-state index in [1.807, 2.05) is 12.2 Å². The quantitative estimate of drug-likeness (QED) is 0.0115. The Bertz CT molecular complexity index is 4230. The first-order chi connectivity index (χ1) is 57.4. The molecule has 0 saturated heterocycles. The number of unbranched alkanes of at least 4 members (excludes halogenated alkanes) is 24. The van der Waals surface area contributed by atoms with Crippen LogP contribution in [0.1, 0.15) is 346 Å². The smallest absolute Gasteiger partial charge is 0.308 e. The molecule has 6 aromatic rings. The topological polar surface area (TPSA) is 207 Å². The van der Waals surface area contributed by atoms with Crippen LogP contribution >= 0.6 is 57.1 Å². The van der Waals surface area contributed by atoms with Crippen LogP contribution in [0.15, 0.2) is 57.8 Å². The number of hydrogen-bond donors (Lipinski definition) is 0. The van der Waals surface area contributed by atoms with Crippen molar-refractivity contribution in [3.8, 4) is 50.6 Å². The summed E-state index contributed by atoms with van der Waals surface area (Å²) in [4.78, 5) is 64.8. The Morgan fingerprint density at radius 2 is 0.795 bits per heavy atom. The van der Waals surface area contributed by atoms with Gasteiger partial charge in [-0.15, -0.1) is 45.3 Å². The second-order valence-corrected chi connectivity index (χ2v) is 39.9. The summed E-state index contributed by atoms with van der Waals surface area (Å²) < 4.78 is 42.7. The van der Waals surface area contributed by atoms with E-state index in [-0.39, 0.29) is 82.5 Å². The van der Waals surface area contributed by atoms with Gasteiger partial charge in [0.15, 0.2) is 23.1 Å². The average Bonchev–Trinajstić information content (AvgIpc) is 1.63. The van der Waals surface area contributed by atoms with Gasteiger partial charge < -0.3 is 18.9 Å². The summed E-state index contributed by atoms with van der Waals surface area (Å²) >= 11 is 7.52. The number of carbonyl (C=O) groups is 4. The second-order valence-electron chi connectivity index (χ2n) is 35.0. The fourth-order valence-electron chi connectivity index (χ4n) is 19.9. The summed E-state index contributed by atoms with van der Waals surface area (Å²) in [5.74, 6) is 0.467. The van der Waals surface area contributed by atoms with Gasteiger partial charge in [-0.2, -0.15) is 19.3 Å². The molecule has 6 saturated carbocycles. The second kappa shape index (κ2) is 46.3. The number of rotatable bonds is 46. The SMILES string of the molecule is [C-]#[N+]/C(C#N)=C1/C(=C/c2cc3sc(-c4c(OC5CCC(C(=O)OCC(CCCCCCCC)CCCCCCCCCC)CC5)c(OC5CCC(C(=O)OCC(CCCCCCCC)CCCCCCCCCC)CC5)c(-c5cc6sc(/C=C7\C(=O)C8CCCCC8C7=C(C#N)C#N)cc6s5)c5nsnc45)cc3s2)C(=O)C2CCCCC12. The Kier molecular flexibility index (Phi) is 35.4. The van der Waals surface area contributed by atoms with E-state index >= 15 is 0 Å². The molecule has 6 fully saturated rings. The number of hydrogen-bond acceptors (Lipinski definition) is 18. The van der Waals surface area contributed by atoms with Crippen molar-refractivity contribution in [2.75, 3.05) is 13.2 Å². The van der Waals surface area contributed by atoms with Crippen LogP contribution in [0.5, 0.6) is 11.5 Å². The Balaban J connectivity index is 0.869. The highest BCUT2D eigenvalue weighted by molar-refractivity contribution is 7.30. The molecule has 6 atom stereocenters. The highest BCUT2D eigenvalue weighted by Gasteiger charge is 2.47. The van der Waals surface area contributed by atoms with Gasteiger partial charge in [0, 0.05) is 61.3 Å². The Morgan fingerprint density at radius 3 is 1.15 bits per heavy atom. The summed E-state index contributed by atoms with van der Waals surface area (Å²) in [5, 5.41) is 30.8. The van der Waals surface area contributed by atoms with E-state index in [1.165, 1.54) is 180 Å². The first-order valence-corrected chi connectivity index (χ1v) is 50.0. The van der Waals surface area contributed by atoms with Crippen molar-refractivity contribution < 1.29 is 38.1 Å². The lowest BCUT2D eigenvalue weighted by Gasteiger charge is -2.32. The minimum absolute atomic E-state index is 0.0101. The van der Waals surface area contributed by atoms with Gasteiger partial charge >= 0.3 is 11.9 Å². The van der Waals surface area contributed by atoms with Gasteiger partial charge in [-0.25, -0.2) is 10.1 Å². The van der Waals surface area contributed by atoms with Crippen molar-refractivity contribution in [3.63, 3.8) is 0 Å². The number of nitriles is 3. The fraction of sp³-hybridized carbons (Fsp3) is 0.653. The third-order valence-corrected chi connectivity index (χ3v) is 31.6. The summed E-state index contributed by atoms with van der Waals surface area (Å²) in [7, 11) is 0. The summed E-state index contributed by atoms with van der Waals surface area (Å²) in [5.41, 5.74) is 5.08. The first kappa shape index (κ1) is 89.4. The molecule has 6 aliphatic carbocycles. The molecule has 628 valence electrons. The van der Waals surface area contributed by atoms with Crippen LogP contribution in [0.25, 0.3) is 67.7 Å². The third kappa shape index (κ3) is 23.5. The van der Waals surface area contributed by atoms with Gasteiger partial charge in [0.1, 0.15) is 28.7 Å². The maximum atomic E-state index is 14.5. The monoisotopic (exact) mass is 1680 g/mol. The number of fused-ring (bicyclic) bond motifs is 5. The van der Waals surface area contributed by atoms with Crippen molar-refractivity contribution in [2.45, 2.75) is 348 Å². The molecule has 5 aromatic heterocycles. The predicted octanol–water partition coefficient (Wildman–Crippen LogP) is 28.9. The summed E-state index contributed by atoms with van der Waals surface area (Å²) in [6.07, 6.45) is 54.6. The van der Waals surface area contributed by atoms with Crippen LogP contribution in [0, 0.1) is 87.9 Å². The molecule has 1 aromatic carbocycles. The van der Waals surface area contributed by atoms with Crippen molar-refractivity contribution in [1.82, 2.24) is 8.75 Å². The fourth-order valence-corrected chi connectivity index (χ4v) is 25.2. The number of allylic oxidation sites excluding steroid dienone is 6. The Hall–Kier alpha value is -6.84. The third-order valence-electron chi connectivity index (χ3n) is 26.5. The van der Waals surface area contributed by atoms with E-state index in [0.717, 1.165) is 138 Å². The minimum Gasteiger partial charge on any atom is -0.486 e.